The fourth-order valence-corrected chi connectivity index (χ4v) is 2.04. The Morgan fingerprint density at radius 1 is 1.31 bits per heavy atom. The van der Waals surface area contributed by atoms with E-state index >= 15 is 0 Å². The van der Waals surface area contributed by atoms with Crippen LogP contribution in [0.2, 0.25) is 0 Å². The lowest BCUT2D eigenvalue weighted by Gasteiger charge is -2.24. The normalized spacial score (nSPS) is 21.7. The highest BCUT2D eigenvalue weighted by molar-refractivity contribution is 4.73. The molecule has 13 heavy (non-hydrogen) atoms. The molecule has 1 fully saturated rings. The van der Waals surface area contributed by atoms with Crippen LogP contribution in [0, 0.1) is 0 Å². The SMILES string of the molecule is CCCC(O)CNC1CCCCC1. The zero-order valence-corrected chi connectivity index (χ0v) is 8.76. The summed E-state index contributed by atoms with van der Waals surface area (Å²) in [5.74, 6) is 0. The van der Waals surface area contributed by atoms with Crippen LogP contribution in [-0.2, 0) is 0 Å². The molecule has 2 nitrogen and oxygen atoms in total. The molecule has 0 amide bonds. The molecule has 0 radical (unpaired) electrons. The van der Waals surface area contributed by atoms with Crippen molar-refractivity contribution in [2.75, 3.05) is 6.54 Å². The first kappa shape index (κ1) is 11.0. The molecule has 1 aliphatic rings. The topological polar surface area (TPSA) is 32.3 Å². The highest BCUT2D eigenvalue weighted by atomic mass is 16.3. The Morgan fingerprint density at radius 3 is 2.62 bits per heavy atom. The first-order chi connectivity index (χ1) is 6.33. The van der Waals surface area contributed by atoms with E-state index in [9.17, 15) is 5.11 Å². The van der Waals surface area contributed by atoms with Gasteiger partial charge in [-0.25, -0.2) is 0 Å². The van der Waals surface area contributed by atoms with Crippen LogP contribution in [0.15, 0.2) is 0 Å². The second-order valence-corrected chi connectivity index (χ2v) is 4.19. The maximum absolute atomic E-state index is 9.52. The van der Waals surface area contributed by atoms with Crippen LogP contribution in [0.5, 0.6) is 0 Å². The van der Waals surface area contributed by atoms with E-state index in [1.807, 2.05) is 0 Å². The van der Waals surface area contributed by atoms with Gasteiger partial charge in [0.1, 0.15) is 0 Å². The van der Waals surface area contributed by atoms with Gasteiger partial charge in [0.25, 0.3) is 0 Å². The van der Waals surface area contributed by atoms with Crippen LogP contribution in [0.3, 0.4) is 0 Å². The summed E-state index contributed by atoms with van der Waals surface area (Å²) in [6.07, 6.45) is 8.61. The Bertz CT molecular complexity index is 121. The van der Waals surface area contributed by atoms with Crippen molar-refractivity contribution in [3.63, 3.8) is 0 Å². The van der Waals surface area contributed by atoms with Crippen molar-refractivity contribution >= 4 is 0 Å². The van der Waals surface area contributed by atoms with E-state index in [4.69, 9.17) is 0 Å². The molecule has 0 spiro atoms. The van der Waals surface area contributed by atoms with E-state index in [2.05, 4.69) is 12.2 Å². The van der Waals surface area contributed by atoms with E-state index in [0.717, 1.165) is 19.4 Å². The molecule has 1 saturated carbocycles. The maximum atomic E-state index is 9.52. The largest absolute Gasteiger partial charge is 0.392 e. The summed E-state index contributed by atoms with van der Waals surface area (Å²) in [6.45, 7) is 2.91. The summed E-state index contributed by atoms with van der Waals surface area (Å²) in [5.41, 5.74) is 0. The maximum Gasteiger partial charge on any atom is 0.0664 e. The van der Waals surface area contributed by atoms with E-state index < -0.39 is 0 Å². The lowest BCUT2D eigenvalue weighted by Crippen LogP contribution is -2.36. The summed E-state index contributed by atoms with van der Waals surface area (Å²) < 4.78 is 0. The minimum absolute atomic E-state index is 0.132. The molecule has 1 aliphatic carbocycles. The summed E-state index contributed by atoms with van der Waals surface area (Å²) in [4.78, 5) is 0. The molecule has 0 aromatic carbocycles. The van der Waals surface area contributed by atoms with Crippen molar-refractivity contribution in [3.05, 3.63) is 0 Å². The molecular weight excluding hydrogens is 162 g/mol. The number of rotatable bonds is 5. The number of nitrogens with one attached hydrogen (secondary N) is 1. The van der Waals surface area contributed by atoms with E-state index in [1.54, 1.807) is 0 Å². The Morgan fingerprint density at radius 2 is 2.00 bits per heavy atom. The van der Waals surface area contributed by atoms with Gasteiger partial charge < -0.3 is 10.4 Å². The number of hydrogen-bond acceptors (Lipinski definition) is 2. The molecule has 0 saturated heterocycles. The lowest BCUT2D eigenvalue weighted by atomic mass is 9.95. The fourth-order valence-electron chi connectivity index (χ4n) is 2.04. The molecule has 2 N–H and O–H groups in total. The van der Waals surface area contributed by atoms with E-state index in [0.29, 0.717) is 6.04 Å². The Kier molecular flexibility index (Phi) is 5.40. The van der Waals surface area contributed by atoms with E-state index in [1.165, 1.54) is 32.1 Å². The smallest absolute Gasteiger partial charge is 0.0664 e. The van der Waals surface area contributed by atoms with Crippen molar-refractivity contribution in [1.29, 1.82) is 0 Å². The minimum atomic E-state index is -0.132. The van der Waals surface area contributed by atoms with Crippen molar-refractivity contribution in [2.45, 2.75) is 64.0 Å². The van der Waals surface area contributed by atoms with E-state index in [-0.39, 0.29) is 6.10 Å². The summed E-state index contributed by atoms with van der Waals surface area (Å²) in [5, 5.41) is 13.0. The number of aliphatic hydroxyl groups is 1. The molecular formula is C11H23NO. The molecule has 0 aromatic rings. The highest BCUT2D eigenvalue weighted by Gasteiger charge is 2.13. The summed E-state index contributed by atoms with van der Waals surface area (Å²) in [6, 6.07) is 0.681. The summed E-state index contributed by atoms with van der Waals surface area (Å²) >= 11 is 0. The Hall–Kier alpha value is -0.0800. The lowest BCUT2D eigenvalue weighted by molar-refractivity contribution is 0.153. The molecule has 1 atom stereocenters. The van der Waals surface area contributed by atoms with Crippen LogP contribution in [0.4, 0.5) is 0 Å². The molecule has 0 heterocycles. The second kappa shape index (κ2) is 6.39. The van der Waals surface area contributed by atoms with Gasteiger partial charge in [0.05, 0.1) is 6.10 Å². The van der Waals surface area contributed by atoms with Gasteiger partial charge in [-0.2, -0.15) is 0 Å². The predicted octanol–water partition coefficient (Wildman–Crippen LogP) is 2.07. The zero-order chi connectivity index (χ0) is 9.52. The highest BCUT2D eigenvalue weighted by Crippen LogP contribution is 2.17. The average molecular weight is 185 g/mol. The summed E-state index contributed by atoms with van der Waals surface area (Å²) in [7, 11) is 0. The molecule has 0 aliphatic heterocycles. The van der Waals surface area contributed by atoms with Gasteiger partial charge in [0, 0.05) is 12.6 Å². The average Bonchev–Trinajstić information content (AvgIpc) is 2.17. The van der Waals surface area contributed by atoms with Gasteiger partial charge in [-0.3, -0.25) is 0 Å². The molecule has 78 valence electrons. The van der Waals surface area contributed by atoms with Crippen molar-refractivity contribution in [1.82, 2.24) is 5.32 Å². The third-order valence-electron chi connectivity index (χ3n) is 2.87. The third-order valence-corrected chi connectivity index (χ3v) is 2.87. The van der Waals surface area contributed by atoms with Crippen LogP contribution >= 0.6 is 0 Å². The van der Waals surface area contributed by atoms with Crippen LogP contribution in [0.1, 0.15) is 51.9 Å². The number of aliphatic hydroxyl groups excluding tert-OH is 1. The van der Waals surface area contributed by atoms with Crippen molar-refractivity contribution in [3.8, 4) is 0 Å². The van der Waals surface area contributed by atoms with Gasteiger partial charge in [-0.15, -0.1) is 0 Å². The van der Waals surface area contributed by atoms with Crippen LogP contribution in [0.25, 0.3) is 0 Å². The Labute approximate surface area is 81.7 Å². The fraction of sp³-hybridized carbons (Fsp3) is 1.00. The second-order valence-electron chi connectivity index (χ2n) is 4.19. The van der Waals surface area contributed by atoms with Gasteiger partial charge in [0.15, 0.2) is 0 Å². The van der Waals surface area contributed by atoms with Gasteiger partial charge in [0.2, 0.25) is 0 Å². The third kappa shape index (κ3) is 4.63. The molecule has 2 heteroatoms. The molecule has 1 unspecified atom stereocenters. The minimum Gasteiger partial charge on any atom is -0.392 e. The van der Waals surface area contributed by atoms with Crippen LogP contribution in [-0.4, -0.2) is 23.8 Å². The van der Waals surface area contributed by atoms with Gasteiger partial charge >= 0.3 is 0 Å². The molecule has 0 bridgehead atoms. The van der Waals surface area contributed by atoms with Crippen LogP contribution < -0.4 is 5.32 Å². The van der Waals surface area contributed by atoms with Crippen molar-refractivity contribution in [2.24, 2.45) is 0 Å². The zero-order valence-electron chi connectivity index (χ0n) is 8.76. The standard InChI is InChI=1S/C11H23NO/c1-2-6-11(13)9-12-10-7-4-3-5-8-10/h10-13H,2-9H2,1H3. The quantitative estimate of drug-likeness (QED) is 0.687. The van der Waals surface area contributed by atoms with Gasteiger partial charge in [-0.05, 0) is 19.3 Å². The first-order valence-electron chi connectivity index (χ1n) is 5.74. The van der Waals surface area contributed by atoms with Gasteiger partial charge in [-0.1, -0.05) is 32.6 Å². The Balaban J connectivity index is 2.03. The molecule has 0 aromatic heterocycles. The predicted molar refractivity (Wildman–Crippen MR) is 55.8 cm³/mol. The monoisotopic (exact) mass is 185 g/mol. The van der Waals surface area contributed by atoms with Crippen molar-refractivity contribution < 1.29 is 5.11 Å². The molecule has 1 rings (SSSR count). The number of hydrogen-bond donors (Lipinski definition) is 2. The first-order valence-corrected chi connectivity index (χ1v) is 5.74.